The average Bonchev–Trinajstić information content (AvgIpc) is 2.71. The summed E-state index contributed by atoms with van der Waals surface area (Å²) >= 11 is 0. The Morgan fingerprint density at radius 2 is 2.46 bits per heavy atom. The van der Waals surface area contributed by atoms with Gasteiger partial charge in [0.1, 0.15) is 0 Å². The minimum Gasteiger partial charge on any atom is -0.356 e. The van der Waals surface area contributed by atoms with Gasteiger partial charge in [0.15, 0.2) is 5.82 Å². The summed E-state index contributed by atoms with van der Waals surface area (Å²) in [4.78, 5) is 10.1. The van der Waals surface area contributed by atoms with Crippen molar-refractivity contribution in [1.82, 2.24) is 10.3 Å². The van der Waals surface area contributed by atoms with Crippen LogP contribution in [0, 0.1) is 0 Å². The van der Waals surface area contributed by atoms with Crippen molar-refractivity contribution in [3.05, 3.63) is 18.3 Å². The molecule has 0 aliphatic carbocycles. The molecule has 0 amide bonds. The fraction of sp³-hybridized carbons (Fsp3) is 0.333. The summed E-state index contributed by atoms with van der Waals surface area (Å²) in [6, 6.07) is 3.89. The fourth-order valence-corrected chi connectivity index (χ4v) is 1.39. The Kier molecular flexibility index (Phi) is 2.23. The van der Waals surface area contributed by atoms with Crippen LogP contribution in [0.5, 0.6) is 0 Å². The first-order chi connectivity index (χ1) is 6.40. The first kappa shape index (κ1) is 8.19. The molecule has 4 heteroatoms. The third-order valence-electron chi connectivity index (χ3n) is 2.12. The SMILES string of the molecule is C=Nc1ccc(N2CCNC2)cn1. The summed E-state index contributed by atoms with van der Waals surface area (Å²) < 4.78 is 0. The van der Waals surface area contributed by atoms with E-state index in [4.69, 9.17) is 0 Å². The Balaban J connectivity index is 2.16. The van der Waals surface area contributed by atoms with Crippen LogP contribution in [0.2, 0.25) is 0 Å². The molecule has 1 fully saturated rings. The maximum Gasteiger partial charge on any atom is 0.151 e. The van der Waals surface area contributed by atoms with E-state index in [9.17, 15) is 0 Å². The molecule has 1 saturated heterocycles. The molecule has 1 aromatic rings. The van der Waals surface area contributed by atoms with Crippen molar-refractivity contribution in [1.29, 1.82) is 0 Å². The molecular formula is C9H12N4. The topological polar surface area (TPSA) is 40.5 Å². The number of aromatic nitrogens is 1. The number of hydrogen-bond donors (Lipinski definition) is 1. The quantitative estimate of drug-likeness (QED) is 0.677. The maximum absolute atomic E-state index is 4.14. The number of nitrogens with one attached hydrogen (secondary N) is 1. The summed E-state index contributed by atoms with van der Waals surface area (Å²) in [6.45, 7) is 6.41. The standard InChI is InChI=1S/C9H12N4/c1-10-9-3-2-8(6-12-9)13-5-4-11-7-13/h2-3,6,11H,1,4-5,7H2. The predicted octanol–water partition coefficient (Wildman–Crippen LogP) is 0.781. The van der Waals surface area contributed by atoms with Gasteiger partial charge in [0.05, 0.1) is 18.6 Å². The lowest BCUT2D eigenvalue weighted by molar-refractivity contribution is 0.854. The molecule has 1 N–H and O–H groups in total. The van der Waals surface area contributed by atoms with E-state index in [1.807, 2.05) is 18.3 Å². The smallest absolute Gasteiger partial charge is 0.151 e. The van der Waals surface area contributed by atoms with Gasteiger partial charge in [0, 0.05) is 13.1 Å². The van der Waals surface area contributed by atoms with Crippen LogP contribution in [0.15, 0.2) is 23.3 Å². The molecule has 0 unspecified atom stereocenters. The lowest BCUT2D eigenvalue weighted by atomic mass is 10.4. The van der Waals surface area contributed by atoms with E-state index < -0.39 is 0 Å². The molecule has 0 bridgehead atoms. The van der Waals surface area contributed by atoms with E-state index in [-0.39, 0.29) is 0 Å². The number of nitrogens with zero attached hydrogens (tertiary/aromatic N) is 3. The Bertz CT molecular complexity index is 287. The van der Waals surface area contributed by atoms with Gasteiger partial charge in [-0.05, 0) is 18.9 Å². The van der Waals surface area contributed by atoms with Gasteiger partial charge in [-0.2, -0.15) is 0 Å². The first-order valence-corrected chi connectivity index (χ1v) is 4.28. The molecule has 0 atom stereocenters. The van der Waals surface area contributed by atoms with Crippen LogP contribution in [0.4, 0.5) is 11.5 Å². The molecule has 4 nitrogen and oxygen atoms in total. The second-order valence-electron chi connectivity index (χ2n) is 2.95. The Hall–Kier alpha value is -1.42. The van der Waals surface area contributed by atoms with E-state index in [1.165, 1.54) is 0 Å². The first-order valence-electron chi connectivity index (χ1n) is 4.28. The van der Waals surface area contributed by atoms with Crippen LogP contribution in [0.1, 0.15) is 0 Å². The molecule has 1 aliphatic rings. The highest BCUT2D eigenvalue weighted by atomic mass is 15.3. The largest absolute Gasteiger partial charge is 0.356 e. The van der Waals surface area contributed by atoms with Crippen molar-refractivity contribution in [3.63, 3.8) is 0 Å². The number of pyridine rings is 1. The molecule has 68 valence electrons. The van der Waals surface area contributed by atoms with Crippen molar-refractivity contribution in [3.8, 4) is 0 Å². The summed E-state index contributed by atoms with van der Waals surface area (Å²) in [6.07, 6.45) is 1.83. The minimum absolute atomic E-state index is 0.677. The summed E-state index contributed by atoms with van der Waals surface area (Å²) in [5, 5.41) is 3.26. The molecule has 0 aromatic carbocycles. The van der Waals surface area contributed by atoms with Gasteiger partial charge in [0.25, 0.3) is 0 Å². The number of rotatable bonds is 2. The zero-order valence-corrected chi connectivity index (χ0v) is 7.40. The van der Waals surface area contributed by atoms with Gasteiger partial charge in [-0.15, -0.1) is 0 Å². The molecular weight excluding hydrogens is 164 g/mol. The van der Waals surface area contributed by atoms with Crippen LogP contribution in [-0.4, -0.2) is 31.5 Å². The van der Waals surface area contributed by atoms with E-state index in [1.54, 1.807) is 0 Å². The number of aliphatic imine (C=N–C) groups is 1. The van der Waals surface area contributed by atoms with Crippen LogP contribution in [-0.2, 0) is 0 Å². The van der Waals surface area contributed by atoms with Crippen LogP contribution < -0.4 is 10.2 Å². The molecule has 0 spiro atoms. The van der Waals surface area contributed by atoms with E-state index >= 15 is 0 Å². The average molecular weight is 176 g/mol. The van der Waals surface area contributed by atoms with E-state index in [0.29, 0.717) is 5.82 Å². The Morgan fingerprint density at radius 1 is 1.54 bits per heavy atom. The zero-order valence-electron chi connectivity index (χ0n) is 7.40. The minimum atomic E-state index is 0.677. The predicted molar refractivity (Wildman–Crippen MR) is 53.7 cm³/mol. The normalized spacial score (nSPS) is 16.2. The maximum atomic E-state index is 4.14. The van der Waals surface area contributed by atoms with Crippen molar-refractivity contribution in [2.45, 2.75) is 0 Å². The lowest BCUT2D eigenvalue weighted by Crippen LogP contribution is -2.20. The summed E-state index contributed by atoms with van der Waals surface area (Å²) in [7, 11) is 0. The molecule has 0 saturated carbocycles. The highest BCUT2D eigenvalue weighted by Crippen LogP contribution is 2.16. The molecule has 1 aromatic heterocycles. The highest BCUT2D eigenvalue weighted by molar-refractivity contribution is 5.50. The van der Waals surface area contributed by atoms with Crippen LogP contribution in [0.3, 0.4) is 0 Å². The summed E-state index contributed by atoms with van der Waals surface area (Å²) in [5.41, 5.74) is 1.14. The fourth-order valence-electron chi connectivity index (χ4n) is 1.39. The molecule has 2 rings (SSSR count). The van der Waals surface area contributed by atoms with E-state index in [2.05, 4.69) is 26.9 Å². The van der Waals surface area contributed by atoms with Crippen molar-refractivity contribution in [2.24, 2.45) is 4.99 Å². The van der Waals surface area contributed by atoms with Gasteiger partial charge < -0.3 is 4.90 Å². The van der Waals surface area contributed by atoms with Gasteiger partial charge >= 0.3 is 0 Å². The second-order valence-corrected chi connectivity index (χ2v) is 2.95. The molecule has 13 heavy (non-hydrogen) atoms. The summed E-state index contributed by atoms with van der Waals surface area (Å²) in [5.74, 6) is 0.677. The lowest BCUT2D eigenvalue weighted by Gasteiger charge is -2.15. The number of anilines is 1. The highest BCUT2D eigenvalue weighted by Gasteiger charge is 2.10. The zero-order chi connectivity index (χ0) is 9.10. The Morgan fingerprint density at radius 3 is 3.00 bits per heavy atom. The second kappa shape index (κ2) is 3.53. The van der Waals surface area contributed by atoms with Gasteiger partial charge in [-0.3, -0.25) is 5.32 Å². The monoisotopic (exact) mass is 176 g/mol. The van der Waals surface area contributed by atoms with Crippen molar-refractivity contribution < 1.29 is 0 Å². The third-order valence-corrected chi connectivity index (χ3v) is 2.12. The van der Waals surface area contributed by atoms with Crippen molar-refractivity contribution >= 4 is 18.2 Å². The van der Waals surface area contributed by atoms with Gasteiger partial charge in [-0.1, -0.05) is 0 Å². The van der Waals surface area contributed by atoms with Crippen LogP contribution in [0.25, 0.3) is 0 Å². The molecule has 1 aliphatic heterocycles. The van der Waals surface area contributed by atoms with Gasteiger partial charge in [-0.25, -0.2) is 9.98 Å². The molecule has 0 radical (unpaired) electrons. The Labute approximate surface area is 77.3 Å². The van der Waals surface area contributed by atoms with Gasteiger partial charge in [0.2, 0.25) is 0 Å². The van der Waals surface area contributed by atoms with E-state index in [0.717, 1.165) is 25.4 Å². The molecule has 2 heterocycles. The van der Waals surface area contributed by atoms with Crippen LogP contribution >= 0.6 is 0 Å². The third kappa shape index (κ3) is 1.67. The van der Waals surface area contributed by atoms with Crippen molar-refractivity contribution in [2.75, 3.05) is 24.7 Å². The number of hydrogen-bond acceptors (Lipinski definition) is 4.